The third-order valence-electron chi connectivity index (χ3n) is 2.36. The molecule has 0 spiro atoms. The van der Waals surface area contributed by atoms with Crippen LogP contribution in [-0.4, -0.2) is 15.8 Å². The second kappa shape index (κ2) is 5.62. The quantitative estimate of drug-likeness (QED) is 0.536. The van der Waals surface area contributed by atoms with Gasteiger partial charge in [0.2, 0.25) is 5.95 Å². The molecule has 0 saturated heterocycles. The number of pyridine rings is 1. The number of halogens is 2. The summed E-state index contributed by atoms with van der Waals surface area (Å²) in [6.45, 7) is 0. The van der Waals surface area contributed by atoms with Crippen molar-refractivity contribution in [2.75, 3.05) is 5.32 Å². The Kier molecular flexibility index (Phi) is 3.90. The molecule has 1 heterocycles. The monoisotopic (exact) mass is 295 g/mol. The van der Waals surface area contributed by atoms with Crippen LogP contribution in [0, 0.1) is 16.1 Å². The van der Waals surface area contributed by atoms with Crippen LogP contribution in [0.25, 0.3) is 0 Å². The Balaban J connectivity index is 2.34. The Morgan fingerprint density at radius 2 is 2.10 bits per heavy atom. The van der Waals surface area contributed by atoms with E-state index < -0.39 is 22.5 Å². The highest BCUT2D eigenvalue weighted by molar-refractivity contribution is 6.31. The number of amides is 1. The van der Waals surface area contributed by atoms with E-state index >= 15 is 0 Å². The summed E-state index contributed by atoms with van der Waals surface area (Å²) in [5.41, 5.74) is -0.628. The molecule has 102 valence electrons. The Bertz CT molecular complexity index is 693. The number of aromatic nitrogens is 1. The summed E-state index contributed by atoms with van der Waals surface area (Å²) in [6.07, 6.45) is 0. The Hall–Kier alpha value is -2.54. The molecule has 2 aromatic rings. The van der Waals surface area contributed by atoms with E-state index in [4.69, 9.17) is 11.6 Å². The van der Waals surface area contributed by atoms with E-state index in [1.165, 1.54) is 18.2 Å². The number of carbonyl (C=O) groups is 1. The van der Waals surface area contributed by atoms with Crippen molar-refractivity contribution < 1.29 is 14.1 Å². The van der Waals surface area contributed by atoms with Gasteiger partial charge in [-0.3, -0.25) is 14.9 Å². The third-order valence-corrected chi connectivity index (χ3v) is 2.59. The molecule has 20 heavy (non-hydrogen) atoms. The number of benzene rings is 1. The highest BCUT2D eigenvalue weighted by atomic mass is 35.5. The third kappa shape index (κ3) is 3.07. The zero-order chi connectivity index (χ0) is 14.7. The fourth-order valence-electron chi connectivity index (χ4n) is 1.51. The van der Waals surface area contributed by atoms with Gasteiger partial charge in [-0.15, -0.1) is 0 Å². The largest absolute Gasteiger partial charge is 0.306 e. The van der Waals surface area contributed by atoms with Crippen LogP contribution in [0.4, 0.5) is 15.9 Å². The lowest BCUT2D eigenvalue weighted by molar-refractivity contribution is -0.385. The molecule has 0 atom stereocenters. The van der Waals surface area contributed by atoms with Gasteiger partial charge >= 0.3 is 0 Å². The molecular weight excluding hydrogens is 289 g/mol. The van der Waals surface area contributed by atoms with Crippen LogP contribution < -0.4 is 5.32 Å². The fourth-order valence-corrected chi connectivity index (χ4v) is 1.68. The van der Waals surface area contributed by atoms with Crippen LogP contribution in [0.2, 0.25) is 5.02 Å². The number of nitrogens with zero attached hydrogens (tertiary/aromatic N) is 2. The molecule has 1 amide bonds. The van der Waals surface area contributed by atoms with Gasteiger partial charge in [0.15, 0.2) is 0 Å². The number of rotatable bonds is 3. The van der Waals surface area contributed by atoms with E-state index in [2.05, 4.69) is 10.3 Å². The van der Waals surface area contributed by atoms with Crippen molar-refractivity contribution >= 4 is 29.0 Å². The molecule has 1 N–H and O–H groups in total. The first-order valence-corrected chi connectivity index (χ1v) is 5.73. The van der Waals surface area contributed by atoms with E-state index in [1.54, 1.807) is 0 Å². The standard InChI is InChI=1S/C12H7ClFN3O3/c13-7-4-5-9(17(19)20)8(6-7)12(18)16-11-3-1-2-10(14)15-11/h1-6H,(H,15,16,18). The lowest BCUT2D eigenvalue weighted by Gasteiger charge is -2.05. The number of carbonyl (C=O) groups excluding carboxylic acids is 1. The predicted octanol–water partition coefficient (Wildman–Crippen LogP) is 3.03. The van der Waals surface area contributed by atoms with Gasteiger partial charge in [0.25, 0.3) is 11.6 Å². The van der Waals surface area contributed by atoms with Gasteiger partial charge in [0.1, 0.15) is 11.4 Å². The Morgan fingerprint density at radius 1 is 1.35 bits per heavy atom. The first-order valence-electron chi connectivity index (χ1n) is 5.35. The zero-order valence-corrected chi connectivity index (χ0v) is 10.6. The van der Waals surface area contributed by atoms with Crippen LogP contribution in [0.3, 0.4) is 0 Å². The molecule has 0 fully saturated rings. The highest BCUT2D eigenvalue weighted by Gasteiger charge is 2.20. The molecule has 1 aromatic carbocycles. The fraction of sp³-hybridized carbons (Fsp3) is 0. The summed E-state index contributed by atoms with van der Waals surface area (Å²) in [5, 5.41) is 13.3. The van der Waals surface area contributed by atoms with E-state index in [0.29, 0.717) is 0 Å². The van der Waals surface area contributed by atoms with Gasteiger partial charge in [-0.2, -0.15) is 4.39 Å². The smallest absolute Gasteiger partial charge is 0.282 e. The maximum atomic E-state index is 12.9. The van der Waals surface area contributed by atoms with E-state index in [-0.39, 0.29) is 16.4 Å². The Morgan fingerprint density at radius 3 is 2.75 bits per heavy atom. The minimum atomic E-state index is -0.794. The second-order valence-corrected chi connectivity index (χ2v) is 4.15. The molecular formula is C12H7ClFN3O3. The molecule has 1 aromatic heterocycles. The molecule has 8 heteroatoms. The number of hydrogen-bond donors (Lipinski definition) is 1. The summed E-state index contributed by atoms with van der Waals surface area (Å²) in [6, 6.07) is 7.40. The van der Waals surface area contributed by atoms with E-state index in [9.17, 15) is 19.3 Å². The van der Waals surface area contributed by atoms with Gasteiger partial charge < -0.3 is 5.32 Å². The molecule has 2 rings (SSSR count). The first-order chi connectivity index (χ1) is 9.47. The lowest BCUT2D eigenvalue weighted by atomic mass is 10.1. The van der Waals surface area contributed by atoms with Crippen molar-refractivity contribution in [2.45, 2.75) is 0 Å². The van der Waals surface area contributed by atoms with Crippen LogP contribution >= 0.6 is 11.6 Å². The molecule has 0 aliphatic heterocycles. The minimum absolute atomic E-state index is 0.0516. The summed E-state index contributed by atoms with van der Waals surface area (Å²) in [4.78, 5) is 25.5. The SMILES string of the molecule is O=C(Nc1cccc(F)n1)c1cc(Cl)ccc1[N+](=O)[O-]. The summed E-state index contributed by atoms with van der Waals surface area (Å²) >= 11 is 5.72. The molecule has 0 aliphatic rings. The summed E-state index contributed by atoms with van der Waals surface area (Å²) in [5.74, 6) is -1.62. The van der Waals surface area contributed by atoms with Gasteiger partial charge in [0, 0.05) is 11.1 Å². The molecule has 6 nitrogen and oxygen atoms in total. The molecule has 0 radical (unpaired) electrons. The van der Waals surface area contributed by atoms with Gasteiger partial charge in [-0.25, -0.2) is 4.98 Å². The first kappa shape index (κ1) is 13.9. The summed E-state index contributed by atoms with van der Waals surface area (Å²) < 4.78 is 12.9. The van der Waals surface area contributed by atoms with Crippen LogP contribution in [0.5, 0.6) is 0 Å². The van der Waals surface area contributed by atoms with Crippen molar-refractivity contribution in [1.82, 2.24) is 4.98 Å². The van der Waals surface area contributed by atoms with Crippen molar-refractivity contribution in [2.24, 2.45) is 0 Å². The van der Waals surface area contributed by atoms with E-state index in [0.717, 1.165) is 18.2 Å². The van der Waals surface area contributed by atoms with Crippen molar-refractivity contribution in [1.29, 1.82) is 0 Å². The second-order valence-electron chi connectivity index (χ2n) is 3.72. The minimum Gasteiger partial charge on any atom is -0.306 e. The summed E-state index contributed by atoms with van der Waals surface area (Å²) in [7, 11) is 0. The average Bonchev–Trinajstić information content (AvgIpc) is 2.38. The van der Waals surface area contributed by atoms with Crippen molar-refractivity contribution in [3.05, 3.63) is 63.0 Å². The molecule has 0 aliphatic carbocycles. The lowest BCUT2D eigenvalue weighted by Crippen LogP contribution is -2.15. The van der Waals surface area contributed by atoms with Gasteiger partial charge in [0.05, 0.1) is 4.92 Å². The predicted molar refractivity (Wildman–Crippen MR) is 70.3 cm³/mol. The van der Waals surface area contributed by atoms with Gasteiger partial charge in [-0.1, -0.05) is 17.7 Å². The van der Waals surface area contributed by atoms with Gasteiger partial charge in [-0.05, 0) is 24.3 Å². The molecule has 0 saturated carbocycles. The normalized spacial score (nSPS) is 10.1. The number of nitro benzene ring substituents is 1. The highest BCUT2D eigenvalue weighted by Crippen LogP contribution is 2.23. The van der Waals surface area contributed by atoms with Crippen LogP contribution in [0.15, 0.2) is 36.4 Å². The molecule has 0 unspecified atom stereocenters. The number of hydrogen-bond acceptors (Lipinski definition) is 4. The zero-order valence-electron chi connectivity index (χ0n) is 9.84. The average molecular weight is 296 g/mol. The number of nitro groups is 1. The van der Waals surface area contributed by atoms with Crippen molar-refractivity contribution in [3.8, 4) is 0 Å². The molecule has 0 bridgehead atoms. The maximum Gasteiger partial charge on any atom is 0.282 e. The van der Waals surface area contributed by atoms with Crippen LogP contribution in [0.1, 0.15) is 10.4 Å². The maximum absolute atomic E-state index is 12.9. The van der Waals surface area contributed by atoms with Crippen molar-refractivity contribution in [3.63, 3.8) is 0 Å². The number of nitrogens with one attached hydrogen (secondary N) is 1. The van der Waals surface area contributed by atoms with E-state index in [1.807, 2.05) is 0 Å². The van der Waals surface area contributed by atoms with Crippen LogP contribution in [-0.2, 0) is 0 Å². The topological polar surface area (TPSA) is 85.1 Å². The number of anilines is 1. The Labute approximate surface area is 117 Å².